The van der Waals surface area contributed by atoms with Crippen LogP contribution in [0.25, 0.3) is 11.0 Å². The van der Waals surface area contributed by atoms with Gasteiger partial charge in [-0.15, -0.1) is 5.10 Å². The van der Waals surface area contributed by atoms with Gasteiger partial charge in [0.15, 0.2) is 11.6 Å². The second-order valence-electron chi connectivity index (χ2n) is 12.4. The van der Waals surface area contributed by atoms with E-state index in [1.165, 1.54) is 0 Å². The van der Waals surface area contributed by atoms with Gasteiger partial charge < -0.3 is 9.47 Å². The van der Waals surface area contributed by atoms with E-state index in [1.807, 2.05) is 41.1 Å². The van der Waals surface area contributed by atoms with Gasteiger partial charge in [-0.1, -0.05) is 51.1 Å². The molecule has 0 bridgehead atoms. The number of ketones is 2. The lowest BCUT2D eigenvalue weighted by Crippen LogP contribution is -2.37. The molecular formula is C31H33N3O4. The lowest BCUT2D eigenvalue weighted by molar-refractivity contribution is -0.120. The third-order valence-electron chi connectivity index (χ3n) is 7.96. The monoisotopic (exact) mass is 511 g/mol. The van der Waals surface area contributed by atoms with Crippen LogP contribution >= 0.6 is 0 Å². The third-order valence-corrected chi connectivity index (χ3v) is 7.96. The van der Waals surface area contributed by atoms with E-state index in [2.05, 4.69) is 44.1 Å². The fourth-order valence-electron chi connectivity index (χ4n) is 6.31. The summed E-state index contributed by atoms with van der Waals surface area (Å²) in [5, 5.41) is 8.65. The maximum absolute atomic E-state index is 13.6. The number of hydrogen-bond acceptors (Lipinski definition) is 6. The van der Waals surface area contributed by atoms with Crippen molar-refractivity contribution in [1.29, 1.82) is 0 Å². The van der Waals surface area contributed by atoms with Crippen LogP contribution < -0.4 is 4.74 Å². The van der Waals surface area contributed by atoms with Crippen LogP contribution in [0.4, 0.5) is 0 Å². The molecule has 1 aromatic heterocycles. The first-order valence-corrected chi connectivity index (χ1v) is 13.2. The first-order valence-electron chi connectivity index (χ1n) is 13.2. The van der Waals surface area contributed by atoms with Gasteiger partial charge in [-0.05, 0) is 40.7 Å². The predicted octanol–water partition coefficient (Wildman–Crippen LogP) is 5.89. The van der Waals surface area contributed by atoms with Crippen LogP contribution in [0.2, 0.25) is 0 Å². The van der Waals surface area contributed by atoms with Crippen molar-refractivity contribution in [3.63, 3.8) is 0 Å². The molecule has 0 fully saturated rings. The second-order valence-corrected chi connectivity index (χ2v) is 12.4. The van der Waals surface area contributed by atoms with Crippen LogP contribution in [0.15, 0.2) is 65.1 Å². The maximum atomic E-state index is 13.6. The van der Waals surface area contributed by atoms with Gasteiger partial charge in [0.05, 0.1) is 19.2 Å². The van der Waals surface area contributed by atoms with Gasteiger partial charge in [0.2, 0.25) is 0 Å². The van der Waals surface area contributed by atoms with E-state index in [0.717, 1.165) is 39.4 Å². The van der Waals surface area contributed by atoms with Crippen LogP contribution in [0.5, 0.6) is 5.75 Å². The smallest absolute Gasteiger partial charge is 0.163 e. The summed E-state index contributed by atoms with van der Waals surface area (Å²) in [6.07, 6.45) is 2.21. The summed E-state index contributed by atoms with van der Waals surface area (Å²) < 4.78 is 14.0. The Bertz CT molecular complexity index is 1500. The van der Waals surface area contributed by atoms with Gasteiger partial charge in [-0.3, -0.25) is 9.59 Å². The number of benzene rings is 2. The van der Waals surface area contributed by atoms with Crippen LogP contribution in [0, 0.1) is 10.8 Å². The molecule has 0 saturated carbocycles. The minimum Gasteiger partial charge on any atom is -0.496 e. The first-order chi connectivity index (χ1) is 18.0. The molecule has 0 spiro atoms. The normalized spacial score (nSPS) is 20.9. The van der Waals surface area contributed by atoms with E-state index in [1.54, 1.807) is 7.11 Å². The molecule has 6 rings (SSSR count). The van der Waals surface area contributed by atoms with Crippen molar-refractivity contribution in [3.05, 3.63) is 76.3 Å². The molecule has 7 heteroatoms. The van der Waals surface area contributed by atoms with Crippen LogP contribution in [0.3, 0.4) is 0 Å². The van der Waals surface area contributed by atoms with Gasteiger partial charge in [0.1, 0.15) is 22.8 Å². The van der Waals surface area contributed by atoms with Gasteiger partial charge in [0, 0.05) is 48.3 Å². The fourth-order valence-corrected chi connectivity index (χ4v) is 6.31. The molecule has 2 aliphatic carbocycles. The van der Waals surface area contributed by atoms with Gasteiger partial charge in [-0.25, -0.2) is 4.68 Å². The minimum absolute atomic E-state index is 0.0603. The molecule has 0 saturated heterocycles. The summed E-state index contributed by atoms with van der Waals surface area (Å²) in [6.45, 7) is 8.84. The highest BCUT2D eigenvalue weighted by Gasteiger charge is 2.47. The first kappa shape index (κ1) is 24.6. The molecular weight excluding hydrogens is 478 g/mol. The molecule has 3 aliphatic rings. The number of fused-ring (bicyclic) bond motifs is 1. The summed E-state index contributed by atoms with van der Waals surface area (Å²) >= 11 is 0. The number of Topliss-reactive ketones (excluding diaryl/α,β-unsaturated/α-hetero) is 2. The summed E-state index contributed by atoms with van der Waals surface area (Å²) in [4.78, 5) is 27.3. The number of carbonyl (C=O) groups is 2. The number of carbonyl (C=O) groups excluding carboxylic acids is 2. The van der Waals surface area contributed by atoms with E-state index >= 15 is 0 Å². The zero-order chi connectivity index (χ0) is 26.8. The van der Waals surface area contributed by atoms with Crippen LogP contribution in [-0.4, -0.2) is 33.7 Å². The molecule has 3 aromatic rings. The Morgan fingerprint density at radius 1 is 0.921 bits per heavy atom. The summed E-state index contributed by atoms with van der Waals surface area (Å²) in [5.74, 6) is 1.84. The maximum Gasteiger partial charge on any atom is 0.163 e. The lowest BCUT2D eigenvalue weighted by atomic mass is 9.65. The van der Waals surface area contributed by atoms with Crippen molar-refractivity contribution in [3.8, 4) is 5.75 Å². The van der Waals surface area contributed by atoms with Crippen LogP contribution in [0.1, 0.15) is 70.4 Å². The molecule has 2 heterocycles. The van der Waals surface area contributed by atoms with Gasteiger partial charge in [0.25, 0.3) is 0 Å². The number of ether oxygens (including phenoxy) is 2. The molecule has 0 amide bonds. The highest BCUT2D eigenvalue weighted by molar-refractivity contribution is 6.06. The Morgan fingerprint density at radius 2 is 1.55 bits per heavy atom. The largest absolute Gasteiger partial charge is 0.496 e. The van der Waals surface area contributed by atoms with Crippen molar-refractivity contribution >= 4 is 22.6 Å². The molecule has 0 N–H and O–H groups in total. The number of methoxy groups -OCH3 is 1. The molecule has 2 aromatic carbocycles. The fraction of sp³-hybridized carbons (Fsp3) is 0.419. The highest BCUT2D eigenvalue weighted by atomic mass is 16.5. The van der Waals surface area contributed by atoms with Crippen molar-refractivity contribution in [2.45, 2.75) is 65.8 Å². The average Bonchev–Trinajstić information content (AvgIpc) is 3.24. The minimum atomic E-state index is -0.446. The second kappa shape index (κ2) is 8.65. The number of allylic oxidation sites excluding steroid dienone is 4. The highest BCUT2D eigenvalue weighted by Crippen LogP contribution is 2.53. The average molecular weight is 512 g/mol. The summed E-state index contributed by atoms with van der Waals surface area (Å²) in [7, 11) is 1.65. The number of rotatable bonds is 4. The molecule has 0 atom stereocenters. The Hall–Kier alpha value is -3.74. The van der Waals surface area contributed by atoms with E-state index in [9.17, 15) is 9.59 Å². The zero-order valence-electron chi connectivity index (χ0n) is 22.6. The zero-order valence-corrected chi connectivity index (χ0v) is 22.6. The van der Waals surface area contributed by atoms with Crippen molar-refractivity contribution < 1.29 is 19.1 Å². The lowest BCUT2D eigenvalue weighted by Gasteiger charge is -2.42. The van der Waals surface area contributed by atoms with E-state index in [-0.39, 0.29) is 22.4 Å². The Kier molecular flexibility index (Phi) is 5.60. The number of aromatic nitrogens is 3. The van der Waals surface area contributed by atoms with E-state index in [0.29, 0.717) is 43.4 Å². The van der Waals surface area contributed by atoms with E-state index in [4.69, 9.17) is 9.47 Å². The van der Waals surface area contributed by atoms with Crippen molar-refractivity contribution in [1.82, 2.24) is 15.0 Å². The van der Waals surface area contributed by atoms with Crippen molar-refractivity contribution in [2.24, 2.45) is 10.8 Å². The Balaban J connectivity index is 1.50. The van der Waals surface area contributed by atoms with Gasteiger partial charge in [-0.2, -0.15) is 0 Å². The third kappa shape index (κ3) is 4.14. The Labute approximate surface area is 222 Å². The standard InChI is InChI=1S/C31H33N3O4/c1-30(2)13-22(35)28-25(15-30)38-26-16-31(3,4)14-23(36)29(26)27(28)18-10-11-24(37-5)19(12-18)17-34-21-9-7-6-8-20(21)32-33-34/h6-12,27H,13-17H2,1-5H3. The molecule has 0 unspecified atom stereocenters. The van der Waals surface area contributed by atoms with E-state index < -0.39 is 5.92 Å². The molecule has 0 radical (unpaired) electrons. The number of hydrogen-bond donors (Lipinski definition) is 0. The summed E-state index contributed by atoms with van der Waals surface area (Å²) in [6, 6.07) is 13.8. The molecule has 1 aliphatic heterocycles. The topological polar surface area (TPSA) is 83.3 Å². The molecule has 38 heavy (non-hydrogen) atoms. The van der Waals surface area contributed by atoms with Crippen molar-refractivity contribution in [2.75, 3.05) is 7.11 Å². The number of nitrogens with zero attached hydrogens (tertiary/aromatic N) is 3. The Morgan fingerprint density at radius 3 is 2.18 bits per heavy atom. The van der Waals surface area contributed by atoms with Gasteiger partial charge >= 0.3 is 0 Å². The SMILES string of the molecule is COc1ccc(C2C3=C(CC(C)(C)CC3=O)OC3=C2C(=O)CC(C)(C)C3)cc1Cn1nnc2ccccc21. The predicted molar refractivity (Wildman–Crippen MR) is 144 cm³/mol. The quantitative estimate of drug-likeness (QED) is 0.434. The molecule has 7 nitrogen and oxygen atoms in total. The number of para-hydroxylation sites is 1. The summed E-state index contributed by atoms with van der Waals surface area (Å²) in [5.41, 5.74) is 4.45. The molecule has 196 valence electrons. The van der Waals surface area contributed by atoms with Crippen LogP contribution in [-0.2, 0) is 20.9 Å².